The molecule has 0 bridgehead atoms. The summed E-state index contributed by atoms with van der Waals surface area (Å²) in [6.45, 7) is 0.511. The largest absolute Gasteiger partial charge is 0.337 e. The molecule has 0 unspecified atom stereocenters. The second-order valence-electron chi connectivity index (χ2n) is 5.53. The predicted molar refractivity (Wildman–Crippen MR) is 90.9 cm³/mol. The molecule has 0 spiro atoms. The fourth-order valence-electron chi connectivity index (χ4n) is 2.57. The predicted octanol–water partition coefficient (Wildman–Crippen LogP) is 3.98. The van der Waals surface area contributed by atoms with Gasteiger partial charge in [0, 0.05) is 19.2 Å². The fourth-order valence-corrected chi connectivity index (χ4v) is 2.57. The number of amides is 1. The molecule has 3 nitrogen and oxygen atoms in total. The van der Waals surface area contributed by atoms with Crippen LogP contribution in [0.25, 0.3) is 10.8 Å². The molecule has 0 aliphatic carbocycles. The molecule has 0 saturated heterocycles. The Morgan fingerprint density at radius 3 is 2.39 bits per heavy atom. The Labute approximate surface area is 135 Å². The van der Waals surface area contributed by atoms with E-state index < -0.39 is 0 Å². The summed E-state index contributed by atoms with van der Waals surface area (Å²) < 4.78 is 0. The van der Waals surface area contributed by atoms with Crippen LogP contribution in [0.1, 0.15) is 21.5 Å². The molecular formula is C20H16N2O. The van der Waals surface area contributed by atoms with Crippen LogP contribution < -0.4 is 0 Å². The van der Waals surface area contributed by atoms with E-state index >= 15 is 0 Å². The molecule has 3 aromatic rings. The molecule has 0 aliphatic rings. The summed E-state index contributed by atoms with van der Waals surface area (Å²) in [4.78, 5) is 14.3. The number of benzene rings is 3. The van der Waals surface area contributed by atoms with Crippen LogP contribution in [-0.4, -0.2) is 17.9 Å². The zero-order valence-electron chi connectivity index (χ0n) is 12.9. The zero-order chi connectivity index (χ0) is 16.2. The molecule has 0 radical (unpaired) electrons. The maximum Gasteiger partial charge on any atom is 0.253 e. The van der Waals surface area contributed by atoms with Crippen molar-refractivity contribution in [2.75, 3.05) is 7.05 Å². The molecule has 23 heavy (non-hydrogen) atoms. The SMILES string of the molecule is CN(Cc1ccc(C#N)cc1)C(=O)c1ccc2ccccc2c1. The van der Waals surface area contributed by atoms with Crippen molar-refractivity contribution < 1.29 is 4.79 Å². The van der Waals surface area contributed by atoms with E-state index in [2.05, 4.69) is 6.07 Å². The molecule has 0 heterocycles. The number of carbonyl (C=O) groups is 1. The molecule has 3 aromatic carbocycles. The second kappa shape index (κ2) is 6.33. The van der Waals surface area contributed by atoms with Gasteiger partial charge in [-0.25, -0.2) is 0 Å². The van der Waals surface area contributed by atoms with Crippen molar-refractivity contribution in [3.63, 3.8) is 0 Å². The number of fused-ring (bicyclic) bond motifs is 1. The fraction of sp³-hybridized carbons (Fsp3) is 0.100. The Hall–Kier alpha value is -3.12. The lowest BCUT2D eigenvalue weighted by molar-refractivity contribution is 0.0785. The maximum atomic E-state index is 12.6. The molecule has 0 aliphatic heterocycles. The van der Waals surface area contributed by atoms with Crippen LogP contribution >= 0.6 is 0 Å². The van der Waals surface area contributed by atoms with Gasteiger partial charge in [0.05, 0.1) is 11.6 Å². The highest BCUT2D eigenvalue weighted by atomic mass is 16.2. The number of rotatable bonds is 3. The molecule has 0 saturated carbocycles. The standard InChI is InChI=1S/C20H16N2O/c1-22(14-16-8-6-15(13-21)7-9-16)20(23)19-11-10-17-4-2-3-5-18(17)12-19/h2-12H,14H2,1H3. The van der Waals surface area contributed by atoms with E-state index in [-0.39, 0.29) is 5.91 Å². The van der Waals surface area contributed by atoms with Crippen LogP contribution in [0.5, 0.6) is 0 Å². The lowest BCUT2D eigenvalue weighted by Crippen LogP contribution is -2.26. The lowest BCUT2D eigenvalue weighted by Gasteiger charge is -2.17. The number of hydrogen-bond acceptors (Lipinski definition) is 2. The summed E-state index contributed by atoms with van der Waals surface area (Å²) in [7, 11) is 1.79. The Kier molecular flexibility index (Phi) is 4.07. The van der Waals surface area contributed by atoms with Gasteiger partial charge in [0.15, 0.2) is 0 Å². The number of nitriles is 1. The summed E-state index contributed by atoms with van der Waals surface area (Å²) in [6.07, 6.45) is 0. The highest BCUT2D eigenvalue weighted by Crippen LogP contribution is 2.17. The van der Waals surface area contributed by atoms with E-state index in [0.717, 1.165) is 16.3 Å². The lowest BCUT2D eigenvalue weighted by atomic mass is 10.1. The third-order valence-corrected chi connectivity index (χ3v) is 3.85. The molecule has 0 fully saturated rings. The quantitative estimate of drug-likeness (QED) is 0.734. The van der Waals surface area contributed by atoms with Crippen LogP contribution in [-0.2, 0) is 6.54 Å². The van der Waals surface area contributed by atoms with E-state index in [1.165, 1.54) is 0 Å². The Balaban J connectivity index is 1.78. The van der Waals surface area contributed by atoms with E-state index in [0.29, 0.717) is 17.7 Å². The number of carbonyl (C=O) groups excluding carboxylic acids is 1. The first-order chi connectivity index (χ1) is 11.2. The van der Waals surface area contributed by atoms with Crippen molar-refractivity contribution >= 4 is 16.7 Å². The van der Waals surface area contributed by atoms with Gasteiger partial charge in [0.25, 0.3) is 5.91 Å². The number of hydrogen-bond donors (Lipinski definition) is 0. The maximum absolute atomic E-state index is 12.6. The monoisotopic (exact) mass is 300 g/mol. The summed E-state index contributed by atoms with van der Waals surface area (Å²) in [6, 6.07) is 23.1. The molecule has 1 amide bonds. The first-order valence-electron chi connectivity index (χ1n) is 7.41. The summed E-state index contributed by atoms with van der Waals surface area (Å²) >= 11 is 0. The molecular weight excluding hydrogens is 284 g/mol. The summed E-state index contributed by atoms with van der Waals surface area (Å²) in [5.41, 5.74) is 2.30. The highest BCUT2D eigenvalue weighted by Gasteiger charge is 2.12. The van der Waals surface area contributed by atoms with Gasteiger partial charge in [-0.1, -0.05) is 42.5 Å². The molecule has 0 N–H and O–H groups in total. The van der Waals surface area contributed by atoms with E-state index in [4.69, 9.17) is 5.26 Å². The summed E-state index contributed by atoms with van der Waals surface area (Å²) in [5.74, 6) is -0.0138. The minimum Gasteiger partial charge on any atom is -0.337 e. The van der Waals surface area contributed by atoms with E-state index in [1.807, 2.05) is 54.6 Å². The third kappa shape index (κ3) is 3.22. The Morgan fingerprint density at radius 1 is 1.00 bits per heavy atom. The average Bonchev–Trinajstić information content (AvgIpc) is 2.61. The second-order valence-corrected chi connectivity index (χ2v) is 5.53. The van der Waals surface area contributed by atoms with Gasteiger partial charge in [-0.3, -0.25) is 4.79 Å². The Bertz CT molecular complexity index is 891. The van der Waals surface area contributed by atoms with Crippen molar-refractivity contribution in [1.82, 2.24) is 4.90 Å². The molecule has 0 aromatic heterocycles. The van der Waals surface area contributed by atoms with Gasteiger partial charge in [0.1, 0.15) is 0 Å². The van der Waals surface area contributed by atoms with Gasteiger partial charge < -0.3 is 4.90 Å². The molecule has 112 valence electrons. The first kappa shape index (κ1) is 14.8. The van der Waals surface area contributed by atoms with Crippen LogP contribution in [0.2, 0.25) is 0 Å². The van der Waals surface area contributed by atoms with Gasteiger partial charge in [-0.15, -0.1) is 0 Å². The van der Waals surface area contributed by atoms with E-state index in [9.17, 15) is 4.79 Å². The van der Waals surface area contributed by atoms with Gasteiger partial charge in [0.2, 0.25) is 0 Å². The first-order valence-corrected chi connectivity index (χ1v) is 7.41. The van der Waals surface area contributed by atoms with Crippen LogP contribution in [0, 0.1) is 11.3 Å². The highest BCUT2D eigenvalue weighted by molar-refractivity contribution is 5.98. The van der Waals surface area contributed by atoms with Gasteiger partial charge in [-0.2, -0.15) is 5.26 Å². The average molecular weight is 300 g/mol. The minimum atomic E-state index is -0.0138. The summed E-state index contributed by atoms with van der Waals surface area (Å²) in [5, 5.41) is 11.0. The smallest absolute Gasteiger partial charge is 0.253 e. The van der Waals surface area contributed by atoms with Gasteiger partial charge >= 0.3 is 0 Å². The molecule has 3 heteroatoms. The topological polar surface area (TPSA) is 44.1 Å². The molecule has 3 rings (SSSR count). The van der Waals surface area contributed by atoms with Crippen molar-refractivity contribution in [2.24, 2.45) is 0 Å². The van der Waals surface area contributed by atoms with Crippen LogP contribution in [0.15, 0.2) is 66.7 Å². The van der Waals surface area contributed by atoms with E-state index in [1.54, 1.807) is 24.1 Å². The van der Waals surface area contributed by atoms with Crippen molar-refractivity contribution in [2.45, 2.75) is 6.54 Å². The van der Waals surface area contributed by atoms with Crippen molar-refractivity contribution in [3.8, 4) is 6.07 Å². The van der Waals surface area contributed by atoms with Crippen molar-refractivity contribution in [3.05, 3.63) is 83.4 Å². The molecule has 0 atom stereocenters. The van der Waals surface area contributed by atoms with Crippen LogP contribution in [0.3, 0.4) is 0 Å². The third-order valence-electron chi connectivity index (χ3n) is 3.85. The van der Waals surface area contributed by atoms with Crippen LogP contribution in [0.4, 0.5) is 0 Å². The zero-order valence-corrected chi connectivity index (χ0v) is 12.9. The number of nitrogens with zero attached hydrogens (tertiary/aromatic N) is 2. The normalized spacial score (nSPS) is 10.3. The van der Waals surface area contributed by atoms with Crippen molar-refractivity contribution in [1.29, 1.82) is 5.26 Å². The minimum absolute atomic E-state index is 0.0138. The van der Waals surface area contributed by atoms with Gasteiger partial charge in [-0.05, 0) is 40.6 Å². The Morgan fingerprint density at radius 2 is 1.70 bits per heavy atom.